The predicted octanol–water partition coefficient (Wildman–Crippen LogP) is 3.63. The highest BCUT2D eigenvalue weighted by Gasteiger charge is 2.09. The number of anilines is 2. The number of nitrogen functional groups attached to an aromatic ring is 1. The van der Waals surface area contributed by atoms with Crippen LogP contribution in [0.2, 0.25) is 0 Å². The quantitative estimate of drug-likeness (QED) is 0.168. The van der Waals surface area contributed by atoms with E-state index < -0.39 is 0 Å². The second-order valence-corrected chi connectivity index (χ2v) is 6.01. The number of hydrogen-bond acceptors (Lipinski definition) is 5. The van der Waals surface area contributed by atoms with Crippen molar-refractivity contribution in [2.75, 3.05) is 17.6 Å². The number of guanidine groups is 1. The third kappa shape index (κ3) is 6.39. The van der Waals surface area contributed by atoms with Crippen LogP contribution in [-0.2, 0) is 6.42 Å². The maximum atomic E-state index is 9.05. The molecule has 1 heterocycles. The maximum Gasteiger partial charge on any atom is 0.193 e. The van der Waals surface area contributed by atoms with Crippen LogP contribution in [0.1, 0.15) is 17.7 Å². The van der Waals surface area contributed by atoms with Crippen molar-refractivity contribution >= 4 is 41.4 Å². The number of para-hydroxylation sites is 1. The van der Waals surface area contributed by atoms with Gasteiger partial charge >= 0.3 is 0 Å². The Morgan fingerprint density at radius 1 is 1.17 bits per heavy atom. The highest BCUT2D eigenvalue weighted by atomic mass is 127. The first-order valence-electron chi connectivity index (χ1n) is 8.78. The molecule has 150 valence electrons. The van der Waals surface area contributed by atoms with E-state index in [4.69, 9.17) is 21.5 Å². The summed E-state index contributed by atoms with van der Waals surface area (Å²) < 4.78 is 5.81. The second kappa shape index (κ2) is 10.9. The molecule has 3 aromatic rings. The molecule has 0 amide bonds. The van der Waals surface area contributed by atoms with E-state index in [9.17, 15) is 0 Å². The molecule has 8 nitrogen and oxygen atoms in total. The van der Waals surface area contributed by atoms with Gasteiger partial charge in [0.1, 0.15) is 23.1 Å². The topological polar surface area (TPSA) is 138 Å². The summed E-state index contributed by atoms with van der Waals surface area (Å²) in [5.74, 6) is 1.99. The lowest BCUT2D eigenvalue weighted by Crippen LogP contribution is -2.22. The number of H-pyrrole nitrogens is 1. The summed E-state index contributed by atoms with van der Waals surface area (Å²) in [6.07, 6.45) is 1.32. The van der Waals surface area contributed by atoms with Crippen molar-refractivity contribution in [1.29, 1.82) is 5.26 Å². The van der Waals surface area contributed by atoms with E-state index in [1.807, 2.05) is 60.7 Å². The molecule has 3 rings (SSSR count). The monoisotopic (exact) mass is 503 g/mol. The average molecular weight is 503 g/mol. The van der Waals surface area contributed by atoms with Crippen LogP contribution < -0.4 is 21.5 Å². The van der Waals surface area contributed by atoms with Gasteiger partial charge in [0.2, 0.25) is 0 Å². The lowest BCUT2D eigenvalue weighted by atomic mass is 10.1. The van der Waals surface area contributed by atoms with Crippen molar-refractivity contribution in [3.8, 4) is 17.6 Å². The Balaban J connectivity index is 0.00000300. The van der Waals surface area contributed by atoms with E-state index in [0.717, 1.165) is 11.4 Å². The summed E-state index contributed by atoms with van der Waals surface area (Å²) in [6, 6.07) is 19.1. The summed E-state index contributed by atoms with van der Waals surface area (Å²) in [7, 11) is 0. The first-order chi connectivity index (χ1) is 13.7. The molecule has 0 aliphatic carbocycles. The van der Waals surface area contributed by atoms with Crippen LogP contribution in [0.15, 0.2) is 59.6 Å². The summed E-state index contributed by atoms with van der Waals surface area (Å²) in [4.78, 5) is 4.30. The number of nitrogens with zero attached hydrogens (tertiary/aromatic N) is 3. The van der Waals surface area contributed by atoms with Crippen molar-refractivity contribution in [2.24, 2.45) is 10.7 Å². The number of aliphatic imine (C=N–C) groups is 1. The molecule has 29 heavy (non-hydrogen) atoms. The number of nitriles is 1. The zero-order valence-corrected chi connectivity index (χ0v) is 18.0. The van der Waals surface area contributed by atoms with E-state index in [-0.39, 0.29) is 29.8 Å². The van der Waals surface area contributed by atoms with E-state index in [0.29, 0.717) is 42.4 Å². The summed E-state index contributed by atoms with van der Waals surface area (Å²) in [6.45, 7) is 0.503. The minimum atomic E-state index is 0. The SMILES string of the molecule is I.N#Cc1c(N)n[nH]c1CCCN=C(N)Nc1cccc(Oc2ccccc2)c1. The van der Waals surface area contributed by atoms with Crippen LogP contribution in [0.25, 0.3) is 0 Å². The fourth-order valence-corrected chi connectivity index (χ4v) is 2.60. The Morgan fingerprint density at radius 2 is 1.93 bits per heavy atom. The van der Waals surface area contributed by atoms with E-state index in [2.05, 4.69) is 20.5 Å². The van der Waals surface area contributed by atoms with Crippen molar-refractivity contribution in [1.82, 2.24) is 10.2 Å². The number of rotatable bonds is 7. The zero-order valence-electron chi connectivity index (χ0n) is 15.6. The first-order valence-corrected chi connectivity index (χ1v) is 8.78. The maximum absolute atomic E-state index is 9.05. The molecule has 0 saturated carbocycles. The third-order valence-corrected chi connectivity index (χ3v) is 3.93. The van der Waals surface area contributed by atoms with Gasteiger partial charge in [0.05, 0.1) is 5.69 Å². The molecular weight excluding hydrogens is 481 g/mol. The highest BCUT2D eigenvalue weighted by molar-refractivity contribution is 14.0. The Hall–Kier alpha value is -3.26. The summed E-state index contributed by atoms with van der Waals surface area (Å²) in [5, 5.41) is 18.7. The van der Waals surface area contributed by atoms with E-state index >= 15 is 0 Å². The molecule has 0 radical (unpaired) electrons. The molecule has 0 fully saturated rings. The minimum absolute atomic E-state index is 0. The smallest absolute Gasteiger partial charge is 0.193 e. The Labute approximate surface area is 186 Å². The number of ether oxygens (including phenoxy) is 1. The predicted molar refractivity (Wildman–Crippen MR) is 125 cm³/mol. The lowest BCUT2D eigenvalue weighted by molar-refractivity contribution is 0.483. The minimum Gasteiger partial charge on any atom is -0.457 e. The number of aromatic nitrogens is 2. The Morgan fingerprint density at radius 3 is 2.69 bits per heavy atom. The van der Waals surface area contributed by atoms with Gasteiger partial charge in [0, 0.05) is 18.3 Å². The molecule has 1 aromatic heterocycles. The molecular formula is C20H22IN7O. The van der Waals surface area contributed by atoms with Gasteiger partial charge in [0.25, 0.3) is 0 Å². The molecule has 0 saturated heterocycles. The fourth-order valence-electron chi connectivity index (χ4n) is 2.60. The number of halogens is 1. The van der Waals surface area contributed by atoms with Crippen molar-refractivity contribution in [3.63, 3.8) is 0 Å². The third-order valence-electron chi connectivity index (χ3n) is 3.93. The van der Waals surface area contributed by atoms with Gasteiger partial charge in [-0.25, -0.2) is 0 Å². The lowest BCUT2D eigenvalue weighted by Gasteiger charge is -2.09. The molecule has 0 atom stereocenters. The van der Waals surface area contributed by atoms with Gasteiger partial charge < -0.3 is 21.5 Å². The van der Waals surface area contributed by atoms with Gasteiger partial charge in [-0.3, -0.25) is 10.1 Å². The number of aryl methyl sites for hydroxylation is 1. The first kappa shape index (κ1) is 22.0. The average Bonchev–Trinajstić information content (AvgIpc) is 3.06. The van der Waals surface area contributed by atoms with E-state index in [1.54, 1.807) is 0 Å². The van der Waals surface area contributed by atoms with E-state index in [1.165, 1.54) is 0 Å². The largest absolute Gasteiger partial charge is 0.457 e. The standard InChI is InChI=1S/C20H21N7O.HI/c21-13-17-18(26-27-19(17)22)10-5-11-24-20(23)25-14-6-4-9-16(12-14)28-15-7-2-1-3-8-15;/h1-4,6-9,12H,5,10-11H2,(H3,22,26,27)(H3,23,24,25);1H. The second-order valence-electron chi connectivity index (χ2n) is 6.01. The van der Waals surface area contributed by atoms with Gasteiger partial charge in [0.15, 0.2) is 11.8 Å². The molecule has 0 aliphatic heterocycles. The normalized spacial score (nSPS) is 10.7. The fraction of sp³-hybridized carbons (Fsp3) is 0.150. The molecule has 0 bridgehead atoms. The molecule has 6 N–H and O–H groups in total. The molecule has 0 spiro atoms. The number of hydrogen-bond donors (Lipinski definition) is 4. The van der Waals surface area contributed by atoms with Crippen LogP contribution in [-0.4, -0.2) is 22.7 Å². The van der Waals surface area contributed by atoms with Crippen LogP contribution in [0, 0.1) is 11.3 Å². The van der Waals surface area contributed by atoms with Crippen molar-refractivity contribution in [2.45, 2.75) is 12.8 Å². The molecule has 0 unspecified atom stereocenters. The molecule has 9 heteroatoms. The summed E-state index contributed by atoms with van der Waals surface area (Å²) in [5.41, 5.74) is 13.5. The number of benzene rings is 2. The Kier molecular flexibility index (Phi) is 8.29. The summed E-state index contributed by atoms with van der Waals surface area (Å²) >= 11 is 0. The van der Waals surface area contributed by atoms with Gasteiger partial charge in [-0.05, 0) is 37.1 Å². The highest BCUT2D eigenvalue weighted by Crippen LogP contribution is 2.23. The van der Waals surface area contributed by atoms with Crippen molar-refractivity contribution in [3.05, 3.63) is 65.9 Å². The molecule has 2 aromatic carbocycles. The van der Waals surface area contributed by atoms with Crippen LogP contribution in [0.4, 0.5) is 11.5 Å². The number of nitrogens with two attached hydrogens (primary N) is 2. The van der Waals surface area contributed by atoms with Crippen molar-refractivity contribution < 1.29 is 4.74 Å². The number of aromatic amines is 1. The van der Waals surface area contributed by atoms with Gasteiger partial charge in [-0.1, -0.05) is 24.3 Å². The Bertz CT molecular complexity index is 996. The van der Waals surface area contributed by atoms with Crippen LogP contribution >= 0.6 is 24.0 Å². The van der Waals surface area contributed by atoms with Crippen LogP contribution in [0.5, 0.6) is 11.5 Å². The molecule has 0 aliphatic rings. The van der Waals surface area contributed by atoms with Gasteiger partial charge in [-0.2, -0.15) is 10.4 Å². The number of nitrogens with one attached hydrogen (secondary N) is 2. The van der Waals surface area contributed by atoms with Gasteiger partial charge in [-0.15, -0.1) is 24.0 Å². The zero-order chi connectivity index (χ0) is 19.8. The van der Waals surface area contributed by atoms with Crippen LogP contribution in [0.3, 0.4) is 0 Å².